The number of carbonyl (C=O) groups excluding carboxylic acids is 2. The minimum atomic E-state index is -0.265. The zero-order valence-electron chi connectivity index (χ0n) is 9.76. The van der Waals surface area contributed by atoms with Crippen molar-refractivity contribution in [3.8, 4) is 0 Å². The Balaban J connectivity index is 1.99. The number of carbonyl (C=O) groups is 2. The highest BCUT2D eigenvalue weighted by Gasteiger charge is 2.34. The fourth-order valence-corrected chi connectivity index (χ4v) is 2.05. The third kappa shape index (κ3) is 2.38. The summed E-state index contributed by atoms with van der Waals surface area (Å²) in [5.74, 6) is -0.508. The van der Waals surface area contributed by atoms with Crippen LogP contribution in [0.5, 0.6) is 0 Å². The maximum Gasteiger partial charge on any atom is 0.263 e. The fraction of sp³-hybridized carbons (Fsp3) is 0.333. The number of thiocarbonyl (C=S) groups is 1. The molecule has 1 aliphatic heterocycles. The van der Waals surface area contributed by atoms with E-state index >= 15 is 0 Å². The summed E-state index contributed by atoms with van der Waals surface area (Å²) < 4.78 is 0. The maximum absolute atomic E-state index is 12.0. The van der Waals surface area contributed by atoms with Gasteiger partial charge in [0, 0.05) is 18.9 Å². The van der Waals surface area contributed by atoms with E-state index in [0.717, 1.165) is 6.42 Å². The number of rotatable bonds is 5. The van der Waals surface area contributed by atoms with Gasteiger partial charge in [0.2, 0.25) is 0 Å². The van der Waals surface area contributed by atoms with E-state index in [1.54, 1.807) is 6.07 Å². The molecule has 0 radical (unpaired) electrons. The van der Waals surface area contributed by atoms with Crippen LogP contribution in [0.1, 0.15) is 40.0 Å². The highest BCUT2D eigenvalue weighted by Crippen LogP contribution is 2.21. The van der Waals surface area contributed by atoms with Gasteiger partial charge in [0.05, 0.1) is 16.1 Å². The van der Waals surface area contributed by atoms with Gasteiger partial charge in [-0.1, -0.05) is 12.2 Å². The number of unbranched alkanes of at least 4 members (excludes halogenated alkanes) is 1. The minimum absolute atomic E-state index is 0.243. The van der Waals surface area contributed by atoms with Crippen molar-refractivity contribution in [1.82, 2.24) is 9.88 Å². The second-order valence-corrected chi connectivity index (χ2v) is 4.63. The van der Waals surface area contributed by atoms with Crippen LogP contribution in [-0.2, 0) is 0 Å². The summed E-state index contributed by atoms with van der Waals surface area (Å²) >= 11 is 4.77. The summed E-state index contributed by atoms with van der Waals surface area (Å²) in [6.07, 6.45) is 5.07. The number of aromatic nitrogens is 1. The first-order chi connectivity index (χ1) is 8.61. The topological polar surface area (TPSA) is 76.3 Å². The van der Waals surface area contributed by atoms with Crippen molar-refractivity contribution in [3.05, 3.63) is 29.6 Å². The number of nitrogens with two attached hydrogens (primary N) is 1. The normalized spacial score (nSPS) is 13.9. The third-order valence-corrected chi connectivity index (χ3v) is 3.03. The third-order valence-electron chi connectivity index (χ3n) is 2.83. The van der Waals surface area contributed by atoms with Gasteiger partial charge >= 0.3 is 0 Å². The van der Waals surface area contributed by atoms with Crippen molar-refractivity contribution in [3.63, 3.8) is 0 Å². The second kappa shape index (κ2) is 5.22. The molecular formula is C12H13N3O2S. The number of hydrogen-bond donors (Lipinski definition) is 1. The quantitative estimate of drug-likeness (QED) is 0.489. The summed E-state index contributed by atoms with van der Waals surface area (Å²) in [7, 11) is 0. The number of amides is 2. The molecule has 1 aromatic heterocycles. The minimum Gasteiger partial charge on any atom is -0.393 e. The number of hydrogen-bond acceptors (Lipinski definition) is 4. The molecule has 94 valence electrons. The summed E-state index contributed by atoms with van der Waals surface area (Å²) in [5.41, 5.74) is 6.21. The van der Waals surface area contributed by atoms with Gasteiger partial charge in [0.15, 0.2) is 0 Å². The first-order valence-corrected chi connectivity index (χ1v) is 6.10. The lowest BCUT2D eigenvalue weighted by Gasteiger charge is -2.13. The van der Waals surface area contributed by atoms with Gasteiger partial charge in [0.25, 0.3) is 11.8 Å². The van der Waals surface area contributed by atoms with Crippen LogP contribution < -0.4 is 5.73 Å². The molecule has 2 heterocycles. The van der Waals surface area contributed by atoms with Crippen LogP contribution in [0.2, 0.25) is 0 Å². The Labute approximate surface area is 110 Å². The van der Waals surface area contributed by atoms with Crippen LogP contribution in [0.4, 0.5) is 0 Å². The van der Waals surface area contributed by atoms with E-state index in [1.165, 1.54) is 17.3 Å². The van der Waals surface area contributed by atoms with Gasteiger partial charge < -0.3 is 5.73 Å². The number of imide groups is 1. The molecule has 6 heteroatoms. The van der Waals surface area contributed by atoms with Crippen molar-refractivity contribution in [1.29, 1.82) is 0 Å². The summed E-state index contributed by atoms with van der Waals surface area (Å²) in [4.78, 5) is 29.5. The maximum atomic E-state index is 12.0. The Hall–Kier alpha value is -1.82. The molecule has 2 N–H and O–H groups in total. The molecule has 0 fully saturated rings. The van der Waals surface area contributed by atoms with Crippen LogP contribution >= 0.6 is 12.2 Å². The van der Waals surface area contributed by atoms with Gasteiger partial charge in [-0.25, -0.2) is 0 Å². The first-order valence-electron chi connectivity index (χ1n) is 5.70. The van der Waals surface area contributed by atoms with Crippen LogP contribution in [0.3, 0.4) is 0 Å². The molecule has 5 nitrogen and oxygen atoms in total. The van der Waals surface area contributed by atoms with Crippen LogP contribution in [0.25, 0.3) is 0 Å². The van der Waals surface area contributed by atoms with Crippen molar-refractivity contribution in [2.45, 2.75) is 19.3 Å². The standard InChI is InChI=1S/C12H13N3O2S/c13-10(18)3-1-2-6-15-11(16)8-4-5-14-7-9(8)12(15)17/h4-5,7H,1-3,6H2,(H2,13,18). The van der Waals surface area contributed by atoms with E-state index in [1.807, 2.05) is 0 Å². The Morgan fingerprint density at radius 2 is 2.00 bits per heavy atom. The molecule has 0 aliphatic carbocycles. The van der Waals surface area contributed by atoms with E-state index in [2.05, 4.69) is 4.98 Å². The molecule has 0 aromatic carbocycles. The van der Waals surface area contributed by atoms with Crippen molar-refractivity contribution in [2.75, 3.05) is 6.54 Å². The van der Waals surface area contributed by atoms with Crippen molar-refractivity contribution >= 4 is 29.0 Å². The van der Waals surface area contributed by atoms with E-state index in [0.29, 0.717) is 35.5 Å². The molecule has 2 rings (SSSR count). The Kier molecular flexibility index (Phi) is 3.66. The number of nitrogens with zero attached hydrogens (tertiary/aromatic N) is 2. The smallest absolute Gasteiger partial charge is 0.263 e. The molecule has 2 amide bonds. The zero-order chi connectivity index (χ0) is 13.1. The predicted octanol–water partition coefficient (Wildman–Crippen LogP) is 1.13. The van der Waals surface area contributed by atoms with Gasteiger partial charge in [-0.15, -0.1) is 0 Å². The van der Waals surface area contributed by atoms with E-state index in [4.69, 9.17) is 18.0 Å². The Morgan fingerprint density at radius 3 is 2.67 bits per heavy atom. The van der Waals surface area contributed by atoms with Gasteiger partial charge in [-0.3, -0.25) is 19.5 Å². The van der Waals surface area contributed by atoms with Crippen LogP contribution in [-0.4, -0.2) is 33.2 Å². The van der Waals surface area contributed by atoms with Gasteiger partial charge in [-0.05, 0) is 25.3 Å². The lowest BCUT2D eigenvalue weighted by atomic mass is 10.2. The average Bonchev–Trinajstić information content (AvgIpc) is 2.59. The fourth-order valence-electron chi connectivity index (χ4n) is 1.91. The first kappa shape index (κ1) is 12.6. The highest BCUT2D eigenvalue weighted by molar-refractivity contribution is 7.80. The molecule has 0 saturated heterocycles. The molecule has 0 spiro atoms. The summed E-state index contributed by atoms with van der Waals surface area (Å²) in [5, 5.41) is 0. The SMILES string of the molecule is NC(=S)CCCCN1C(=O)c2ccncc2C1=O. The molecular weight excluding hydrogens is 250 g/mol. The van der Waals surface area contributed by atoms with Crippen LogP contribution in [0, 0.1) is 0 Å². The summed E-state index contributed by atoms with van der Waals surface area (Å²) in [6, 6.07) is 1.57. The zero-order valence-corrected chi connectivity index (χ0v) is 10.6. The molecule has 18 heavy (non-hydrogen) atoms. The van der Waals surface area contributed by atoms with Crippen LogP contribution in [0.15, 0.2) is 18.5 Å². The number of pyridine rings is 1. The molecule has 0 saturated carbocycles. The number of fused-ring (bicyclic) bond motifs is 1. The lowest BCUT2D eigenvalue weighted by molar-refractivity contribution is 0.0652. The Morgan fingerprint density at radius 1 is 1.28 bits per heavy atom. The van der Waals surface area contributed by atoms with E-state index in [-0.39, 0.29) is 11.8 Å². The highest BCUT2D eigenvalue weighted by atomic mass is 32.1. The lowest BCUT2D eigenvalue weighted by Crippen LogP contribution is -2.30. The van der Waals surface area contributed by atoms with Crippen molar-refractivity contribution in [2.24, 2.45) is 5.73 Å². The van der Waals surface area contributed by atoms with Crippen molar-refractivity contribution < 1.29 is 9.59 Å². The Bertz CT molecular complexity index is 481. The predicted molar refractivity (Wildman–Crippen MR) is 70.2 cm³/mol. The molecule has 1 aliphatic rings. The van der Waals surface area contributed by atoms with E-state index < -0.39 is 0 Å². The molecule has 0 atom stereocenters. The molecule has 1 aromatic rings. The van der Waals surface area contributed by atoms with Gasteiger partial charge in [0.1, 0.15) is 0 Å². The monoisotopic (exact) mass is 263 g/mol. The summed E-state index contributed by atoms with van der Waals surface area (Å²) in [6.45, 7) is 0.398. The average molecular weight is 263 g/mol. The van der Waals surface area contributed by atoms with Gasteiger partial charge in [-0.2, -0.15) is 0 Å². The molecule has 0 bridgehead atoms. The van der Waals surface area contributed by atoms with E-state index in [9.17, 15) is 9.59 Å². The largest absolute Gasteiger partial charge is 0.393 e. The molecule has 0 unspecified atom stereocenters. The second-order valence-electron chi connectivity index (χ2n) is 4.11.